The van der Waals surface area contributed by atoms with E-state index in [0.29, 0.717) is 12.8 Å². The maximum absolute atomic E-state index is 13.3. The van der Waals surface area contributed by atoms with E-state index in [4.69, 9.17) is 4.52 Å². The van der Waals surface area contributed by atoms with E-state index in [-0.39, 0.29) is 25.1 Å². The second-order valence-electron chi connectivity index (χ2n) is 3.81. The fraction of sp³-hybridized carbons (Fsp3) is 0.818. The summed E-state index contributed by atoms with van der Waals surface area (Å²) in [5.41, 5.74) is 0.775. The highest BCUT2D eigenvalue weighted by Crippen LogP contribution is 2.38. The molecule has 1 unspecified atom stereocenters. The predicted octanol–water partition coefficient (Wildman–Crippen LogP) is 4.30. The quantitative estimate of drug-likeness (QED) is 0.679. The number of rotatable bonds is 4. The van der Waals surface area contributed by atoms with Gasteiger partial charge in [-0.2, -0.15) is 0 Å². The van der Waals surface area contributed by atoms with Gasteiger partial charge in [0, 0.05) is 11.8 Å². The van der Waals surface area contributed by atoms with Gasteiger partial charge in [-0.1, -0.05) is 14.4 Å². The summed E-state index contributed by atoms with van der Waals surface area (Å²) in [6, 6.07) is 0. The van der Waals surface area contributed by atoms with Crippen LogP contribution in [0.25, 0.3) is 0 Å². The number of hydrogen-bond acceptors (Lipinski definition) is 2. The Labute approximate surface area is 92.8 Å². The van der Waals surface area contributed by atoms with Crippen LogP contribution in [0.2, 0.25) is 0 Å². The lowest BCUT2D eigenvalue weighted by Crippen LogP contribution is -2.05. The van der Waals surface area contributed by atoms with Gasteiger partial charge in [-0.25, -0.2) is 4.39 Å². The Hall–Kier alpha value is -0.270. The van der Waals surface area contributed by atoms with E-state index >= 15 is 0 Å². The Kier molecular flexibility index (Phi) is 6.23. The minimum Gasteiger partial charge on any atom is -0.212 e. The van der Waals surface area contributed by atoms with Crippen LogP contribution in [0, 0.1) is 11.8 Å². The number of allylic oxidation sites excluding steroid dienone is 1. The molecule has 0 bridgehead atoms. The first kappa shape index (κ1) is 14.7. The lowest BCUT2D eigenvalue weighted by Gasteiger charge is -2.06. The van der Waals surface area contributed by atoms with E-state index < -0.39 is 8.03 Å². The van der Waals surface area contributed by atoms with Gasteiger partial charge in [0.25, 0.3) is 0 Å². The van der Waals surface area contributed by atoms with Crippen molar-refractivity contribution in [3.05, 3.63) is 11.4 Å². The number of hydrogen-bond donors (Lipinski definition) is 0. The normalized spacial score (nSPS) is 26.5. The van der Waals surface area contributed by atoms with E-state index in [1.165, 1.54) is 0 Å². The van der Waals surface area contributed by atoms with E-state index in [0.717, 1.165) is 12.0 Å². The van der Waals surface area contributed by atoms with E-state index in [1.54, 1.807) is 6.92 Å². The van der Waals surface area contributed by atoms with Crippen molar-refractivity contribution in [2.45, 2.75) is 34.6 Å². The van der Waals surface area contributed by atoms with Gasteiger partial charge in [0.2, 0.25) is 0 Å². The van der Waals surface area contributed by atoms with Crippen LogP contribution in [-0.4, -0.2) is 12.8 Å². The first-order chi connectivity index (χ1) is 6.56. The summed E-state index contributed by atoms with van der Waals surface area (Å²) in [5.74, 6) is 0.115. The van der Waals surface area contributed by atoms with Gasteiger partial charge in [0.1, 0.15) is 12.4 Å². The lowest BCUT2D eigenvalue weighted by molar-refractivity contribution is 0.273. The first-order valence-electron chi connectivity index (χ1n) is 5.00. The fourth-order valence-electron chi connectivity index (χ4n) is 1.75. The molecule has 0 fully saturated rings. The smallest absolute Gasteiger partial charge is 0.212 e. The summed E-state index contributed by atoms with van der Waals surface area (Å²) >= 11 is 0. The molecule has 0 N–H and O–H groups in total. The van der Waals surface area contributed by atoms with Gasteiger partial charge >= 0.3 is 8.03 Å². The molecule has 0 aliphatic heterocycles. The molecule has 0 aromatic carbocycles. The maximum atomic E-state index is 13.3. The summed E-state index contributed by atoms with van der Waals surface area (Å²) in [7, 11) is -1.54. The Balaban J connectivity index is 0.00000196. The van der Waals surface area contributed by atoms with Gasteiger partial charge in [0.15, 0.2) is 6.16 Å². The van der Waals surface area contributed by atoms with Crippen LogP contribution < -0.4 is 0 Å². The van der Waals surface area contributed by atoms with Crippen molar-refractivity contribution in [1.82, 2.24) is 0 Å². The highest BCUT2D eigenvalue weighted by Gasteiger charge is 2.31. The van der Waals surface area contributed by atoms with E-state index in [1.807, 2.05) is 13.8 Å². The summed E-state index contributed by atoms with van der Waals surface area (Å²) in [4.78, 5) is 0. The van der Waals surface area contributed by atoms with Crippen LogP contribution in [0.3, 0.4) is 0 Å². The van der Waals surface area contributed by atoms with Crippen molar-refractivity contribution in [3.63, 3.8) is 0 Å². The molecule has 0 heterocycles. The largest absolute Gasteiger partial charge is 0.507 e. The molecule has 88 valence electrons. The van der Waals surface area contributed by atoms with Crippen LogP contribution in [0.15, 0.2) is 11.4 Å². The first-order valence-corrected chi connectivity index (χ1v) is 6.36. The molecule has 15 heavy (non-hydrogen) atoms. The summed E-state index contributed by atoms with van der Waals surface area (Å²) in [6.07, 6.45) is 1.31. The molecule has 0 spiro atoms. The zero-order chi connectivity index (χ0) is 10.7. The van der Waals surface area contributed by atoms with Crippen LogP contribution in [-0.2, 0) is 9.09 Å². The van der Waals surface area contributed by atoms with Crippen molar-refractivity contribution in [2.24, 2.45) is 11.8 Å². The van der Waals surface area contributed by atoms with Gasteiger partial charge < -0.3 is 0 Å². The van der Waals surface area contributed by atoms with Crippen molar-refractivity contribution < 1.29 is 13.5 Å². The third-order valence-corrected chi connectivity index (χ3v) is 3.69. The molecular weight excluding hydrogens is 214 g/mol. The molecule has 3 atom stereocenters. The third-order valence-electron chi connectivity index (χ3n) is 2.74. The van der Waals surface area contributed by atoms with Gasteiger partial charge in [0.05, 0.1) is 0 Å². The summed E-state index contributed by atoms with van der Waals surface area (Å²) in [6.45, 7) is 5.89. The Morgan fingerprint density at radius 2 is 2.20 bits per heavy atom. The second kappa shape index (κ2) is 6.34. The zero-order valence-corrected chi connectivity index (χ0v) is 9.81. The molecule has 2 nitrogen and oxygen atoms in total. The van der Waals surface area contributed by atoms with Gasteiger partial charge in [-0.15, -0.1) is 4.52 Å². The average Bonchev–Trinajstić information content (AvgIpc) is 2.42. The zero-order valence-electron chi connectivity index (χ0n) is 8.92. The van der Waals surface area contributed by atoms with Crippen molar-refractivity contribution >= 4 is 8.03 Å². The van der Waals surface area contributed by atoms with Crippen molar-refractivity contribution in [2.75, 3.05) is 12.8 Å². The molecule has 0 aromatic rings. The highest BCUT2D eigenvalue weighted by atomic mass is 31.1. The second-order valence-corrected chi connectivity index (χ2v) is 5.37. The van der Waals surface area contributed by atoms with E-state index in [9.17, 15) is 8.96 Å². The van der Waals surface area contributed by atoms with Gasteiger partial charge in [-0.3, -0.25) is 0 Å². The summed E-state index contributed by atoms with van der Waals surface area (Å²) in [5, 5.41) is 0. The molecule has 0 radical (unpaired) electrons. The molecule has 1 aliphatic rings. The summed E-state index contributed by atoms with van der Waals surface area (Å²) < 4.78 is 29.5. The lowest BCUT2D eigenvalue weighted by atomic mass is 10.0. The van der Waals surface area contributed by atoms with Crippen LogP contribution in [0.4, 0.5) is 4.39 Å². The molecule has 0 aromatic heterocycles. The molecule has 0 saturated carbocycles. The van der Waals surface area contributed by atoms with Crippen LogP contribution in [0.5, 0.6) is 0 Å². The highest BCUT2D eigenvalue weighted by molar-refractivity contribution is 7.39. The van der Waals surface area contributed by atoms with Crippen LogP contribution in [0.1, 0.15) is 34.6 Å². The molecule has 1 rings (SSSR count). The minimum atomic E-state index is -1.54. The minimum absolute atomic E-state index is 0. The van der Waals surface area contributed by atoms with Crippen molar-refractivity contribution in [3.8, 4) is 0 Å². The maximum Gasteiger partial charge on any atom is 0.507 e. The Morgan fingerprint density at radius 3 is 2.60 bits per heavy atom. The SMILES string of the molecule is C.CC[P+](=O)OC[C@H]1C[C@@H](C)C(F)=C1C. The van der Waals surface area contributed by atoms with E-state index in [2.05, 4.69) is 0 Å². The third kappa shape index (κ3) is 3.66. The molecule has 0 amide bonds. The molecule has 0 saturated heterocycles. The fourth-order valence-corrected chi connectivity index (χ4v) is 2.28. The Bertz CT molecular complexity index is 263. The molecule has 1 aliphatic carbocycles. The topological polar surface area (TPSA) is 26.3 Å². The molecule has 4 heteroatoms. The number of halogens is 1. The van der Waals surface area contributed by atoms with Crippen LogP contribution >= 0.6 is 8.03 Å². The monoisotopic (exact) mass is 235 g/mol. The van der Waals surface area contributed by atoms with Crippen molar-refractivity contribution in [1.29, 1.82) is 0 Å². The van der Waals surface area contributed by atoms with Gasteiger partial charge in [-0.05, 0) is 30.4 Å². The average molecular weight is 235 g/mol. The predicted molar refractivity (Wildman–Crippen MR) is 61.9 cm³/mol. The standard InChI is InChI=1S/C10H17FO2P.CH4/c1-4-14(12)13-6-9-5-7(2)10(11)8(9)3;/h7,9H,4-6H2,1-3H3;1H4/q+1;/t7-,9-;/m1./s1. The Morgan fingerprint density at radius 1 is 1.60 bits per heavy atom. The molecular formula is C11H21FO2P+.